The van der Waals surface area contributed by atoms with E-state index in [2.05, 4.69) is 5.32 Å². The number of benzene rings is 1. The van der Waals surface area contributed by atoms with Crippen LogP contribution < -0.4 is 10.9 Å². The minimum absolute atomic E-state index is 0.0591. The van der Waals surface area contributed by atoms with Crippen molar-refractivity contribution in [1.82, 2.24) is 9.47 Å². The summed E-state index contributed by atoms with van der Waals surface area (Å²) in [6, 6.07) is 8.80. The number of nitrogens with one attached hydrogen (secondary N) is 1. The summed E-state index contributed by atoms with van der Waals surface area (Å²) in [6.45, 7) is 2.48. The smallest absolute Gasteiger partial charge is 0.255 e. The average molecular weight is 379 g/mol. The zero-order valence-electron chi connectivity index (χ0n) is 16.3. The Morgan fingerprint density at radius 3 is 2.50 bits per heavy atom. The number of pyridine rings is 1. The molecule has 1 aromatic carbocycles. The summed E-state index contributed by atoms with van der Waals surface area (Å²) in [5.41, 5.74) is 2.39. The predicted octanol–water partition coefficient (Wildman–Crippen LogP) is 2.99. The van der Waals surface area contributed by atoms with Gasteiger partial charge < -0.3 is 14.8 Å². The summed E-state index contributed by atoms with van der Waals surface area (Å²) < 4.78 is 1.43. The van der Waals surface area contributed by atoms with Crippen molar-refractivity contribution in [3.05, 3.63) is 63.6 Å². The van der Waals surface area contributed by atoms with Gasteiger partial charge in [0.05, 0.1) is 5.69 Å². The predicted molar refractivity (Wildman–Crippen MR) is 107 cm³/mol. The molecule has 1 saturated carbocycles. The molecule has 1 N–H and O–H groups in total. The Morgan fingerprint density at radius 1 is 1.07 bits per heavy atom. The Hall–Kier alpha value is -2.89. The number of carbonyl (C=O) groups is 2. The number of hydrogen-bond acceptors (Lipinski definition) is 3. The number of hydrogen-bond donors (Lipinski definition) is 1. The number of nitrogens with zero attached hydrogens (tertiary/aromatic N) is 2. The van der Waals surface area contributed by atoms with Crippen LogP contribution in [-0.2, 0) is 18.4 Å². The molecule has 146 valence electrons. The van der Waals surface area contributed by atoms with Gasteiger partial charge in [-0.3, -0.25) is 14.4 Å². The molecular weight excluding hydrogens is 354 g/mol. The van der Waals surface area contributed by atoms with Gasteiger partial charge >= 0.3 is 0 Å². The second kappa shape index (κ2) is 6.93. The molecule has 2 aliphatic rings. The summed E-state index contributed by atoms with van der Waals surface area (Å²) in [7, 11) is 1.65. The Kier molecular flexibility index (Phi) is 4.57. The summed E-state index contributed by atoms with van der Waals surface area (Å²) in [4.78, 5) is 40.1. The van der Waals surface area contributed by atoms with Crippen LogP contribution in [0.25, 0.3) is 0 Å². The summed E-state index contributed by atoms with van der Waals surface area (Å²) in [5, 5.41) is 2.97. The molecule has 2 amide bonds. The first kappa shape index (κ1) is 18.5. The first-order valence-corrected chi connectivity index (χ1v) is 9.81. The van der Waals surface area contributed by atoms with E-state index in [9.17, 15) is 14.4 Å². The van der Waals surface area contributed by atoms with E-state index in [0.29, 0.717) is 30.6 Å². The molecule has 1 aromatic heterocycles. The van der Waals surface area contributed by atoms with Gasteiger partial charge in [0.25, 0.3) is 5.91 Å². The van der Waals surface area contributed by atoms with E-state index in [4.69, 9.17) is 0 Å². The highest BCUT2D eigenvalue weighted by molar-refractivity contribution is 6.06. The molecule has 2 aromatic rings. The maximum absolute atomic E-state index is 13.5. The van der Waals surface area contributed by atoms with Gasteiger partial charge in [-0.2, -0.15) is 0 Å². The third-order valence-corrected chi connectivity index (χ3v) is 6.17. The van der Waals surface area contributed by atoms with Crippen molar-refractivity contribution in [1.29, 1.82) is 0 Å². The van der Waals surface area contributed by atoms with Gasteiger partial charge in [0.2, 0.25) is 11.5 Å². The topological polar surface area (TPSA) is 71.4 Å². The van der Waals surface area contributed by atoms with E-state index < -0.39 is 5.54 Å². The first-order chi connectivity index (χ1) is 13.4. The monoisotopic (exact) mass is 379 g/mol. The Morgan fingerprint density at radius 2 is 1.82 bits per heavy atom. The molecule has 0 spiro atoms. The molecule has 6 nitrogen and oxygen atoms in total. The number of aryl methyl sites for hydroxylation is 2. The number of fused-ring (bicyclic) bond motifs is 1. The van der Waals surface area contributed by atoms with E-state index in [1.54, 1.807) is 24.2 Å². The SMILES string of the molecule is Cc1cccc2c1CN(C1(C(=O)Nc3ccc(=O)n(C)c3)CCCCC1)C2=O. The van der Waals surface area contributed by atoms with Crippen LogP contribution in [-0.4, -0.2) is 26.8 Å². The Labute approximate surface area is 164 Å². The molecule has 0 saturated heterocycles. The molecule has 4 rings (SSSR count). The highest BCUT2D eigenvalue weighted by Gasteiger charge is 2.49. The molecule has 28 heavy (non-hydrogen) atoms. The highest BCUT2D eigenvalue weighted by atomic mass is 16.2. The van der Waals surface area contributed by atoms with Crippen molar-refractivity contribution in [3.63, 3.8) is 0 Å². The average Bonchev–Trinajstić information content (AvgIpc) is 3.04. The lowest BCUT2D eigenvalue weighted by Crippen LogP contribution is -2.58. The van der Waals surface area contributed by atoms with Crippen LogP contribution in [0.3, 0.4) is 0 Å². The van der Waals surface area contributed by atoms with Crippen LogP contribution >= 0.6 is 0 Å². The van der Waals surface area contributed by atoms with Gasteiger partial charge in [0.1, 0.15) is 5.54 Å². The minimum Gasteiger partial charge on any atom is -0.323 e. The van der Waals surface area contributed by atoms with Gasteiger partial charge in [-0.15, -0.1) is 0 Å². The number of amides is 2. The van der Waals surface area contributed by atoms with E-state index in [1.807, 2.05) is 25.1 Å². The van der Waals surface area contributed by atoms with Crippen molar-refractivity contribution >= 4 is 17.5 Å². The van der Waals surface area contributed by atoms with Crippen LogP contribution in [0.2, 0.25) is 0 Å². The summed E-state index contributed by atoms with van der Waals surface area (Å²) >= 11 is 0. The lowest BCUT2D eigenvalue weighted by Gasteiger charge is -2.43. The molecule has 0 atom stereocenters. The largest absolute Gasteiger partial charge is 0.323 e. The number of aromatic nitrogens is 1. The van der Waals surface area contributed by atoms with Crippen LogP contribution in [0.15, 0.2) is 41.3 Å². The third-order valence-electron chi connectivity index (χ3n) is 6.17. The van der Waals surface area contributed by atoms with E-state index in [-0.39, 0.29) is 17.4 Å². The van der Waals surface area contributed by atoms with Crippen LogP contribution in [0.5, 0.6) is 0 Å². The molecule has 0 bridgehead atoms. The zero-order valence-corrected chi connectivity index (χ0v) is 16.3. The van der Waals surface area contributed by atoms with E-state index in [1.165, 1.54) is 10.6 Å². The van der Waals surface area contributed by atoms with Gasteiger partial charge in [-0.1, -0.05) is 31.4 Å². The van der Waals surface area contributed by atoms with Crippen molar-refractivity contribution in [2.75, 3.05) is 5.32 Å². The van der Waals surface area contributed by atoms with Crippen LogP contribution in [0, 0.1) is 6.92 Å². The Balaban J connectivity index is 1.68. The standard InChI is InChI=1S/C22H25N3O3/c1-15-7-6-8-17-18(15)14-25(20(17)27)22(11-4-3-5-12-22)21(28)23-16-9-10-19(26)24(2)13-16/h6-10,13H,3-5,11-12,14H2,1-2H3,(H,23,28). The highest BCUT2D eigenvalue weighted by Crippen LogP contribution is 2.40. The Bertz CT molecular complexity index is 1000. The van der Waals surface area contributed by atoms with Crippen molar-refractivity contribution in [3.8, 4) is 0 Å². The lowest BCUT2D eigenvalue weighted by molar-refractivity contribution is -0.129. The third kappa shape index (κ3) is 2.93. The second-order valence-electron chi connectivity index (χ2n) is 7.91. The van der Waals surface area contributed by atoms with E-state index in [0.717, 1.165) is 30.4 Å². The summed E-state index contributed by atoms with van der Waals surface area (Å²) in [5.74, 6) is -0.221. The molecule has 6 heteroatoms. The fraction of sp³-hybridized carbons (Fsp3) is 0.409. The molecule has 0 unspecified atom stereocenters. The molecule has 2 heterocycles. The fourth-order valence-electron chi connectivity index (χ4n) is 4.51. The normalized spacial score (nSPS) is 18.1. The minimum atomic E-state index is -0.852. The van der Waals surface area contributed by atoms with Gasteiger partial charge in [-0.05, 0) is 43.0 Å². The van der Waals surface area contributed by atoms with Gasteiger partial charge in [-0.25, -0.2) is 0 Å². The van der Waals surface area contributed by atoms with Gasteiger partial charge in [0.15, 0.2) is 0 Å². The number of rotatable bonds is 3. The van der Waals surface area contributed by atoms with Crippen LogP contribution in [0.1, 0.15) is 53.6 Å². The number of carbonyl (C=O) groups excluding carboxylic acids is 2. The zero-order chi connectivity index (χ0) is 19.9. The maximum atomic E-state index is 13.5. The molecule has 0 radical (unpaired) electrons. The van der Waals surface area contributed by atoms with E-state index >= 15 is 0 Å². The van der Waals surface area contributed by atoms with Crippen molar-refractivity contribution in [2.45, 2.75) is 51.1 Å². The maximum Gasteiger partial charge on any atom is 0.255 e. The van der Waals surface area contributed by atoms with Crippen molar-refractivity contribution < 1.29 is 9.59 Å². The molecular formula is C22H25N3O3. The second-order valence-corrected chi connectivity index (χ2v) is 7.91. The quantitative estimate of drug-likeness (QED) is 0.891. The van der Waals surface area contributed by atoms with Crippen molar-refractivity contribution in [2.24, 2.45) is 7.05 Å². The first-order valence-electron chi connectivity index (χ1n) is 9.81. The summed E-state index contributed by atoms with van der Waals surface area (Å²) in [6.07, 6.45) is 5.83. The molecule has 1 fully saturated rings. The molecule has 1 aliphatic heterocycles. The molecule has 1 aliphatic carbocycles. The lowest BCUT2D eigenvalue weighted by atomic mass is 9.79. The number of anilines is 1. The van der Waals surface area contributed by atoms with Crippen LogP contribution in [0.4, 0.5) is 5.69 Å². The van der Waals surface area contributed by atoms with Gasteiger partial charge in [0, 0.05) is 31.4 Å². The fourth-order valence-corrected chi connectivity index (χ4v) is 4.51.